The van der Waals surface area contributed by atoms with E-state index in [1.807, 2.05) is 50.2 Å². The van der Waals surface area contributed by atoms with Crippen molar-refractivity contribution in [1.82, 2.24) is 4.98 Å². The molecule has 0 atom stereocenters. The SMILES string of the molecule is Cc1ccc(-c2cc(=O)c3ccccc3[nH]2)c(C)c1Cl. The van der Waals surface area contributed by atoms with Crippen LogP contribution in [0.5, 0.6) is 0 Å². The molecular weight excluding hydrogens is 270 g/mol. The lowest BCUT2D eigenvalue weighted by Gasteiger charge is -2.11. The molecule has 100 valence electrons. The van der Waals surface area contributed by atoms with Crippen LogP contribution in [0.4, 0.5) is 0 Å². The highest BCUT2D eigenvalue weighted by Crippen LogP contribution is 2.29. The molecule has 0 aliphatic heterocycles. The average molecular weight is 284 g/mol. The first-order valence-electron chi connectivity index (χ1n) is 6.46. The first kappa shape index (κ1) is 12.9. The van der Waals surface area contributed by atoms with E-state index in [1.54, 1.807) is 6.07 Å². The van der Waals surface area contributed by atoms with Crippen molar-refractivity contribution in [3.05, 3.63) is 68.8 Å². The van der Waals surface area contributed by atoms with E-state index in [1.165, 1.54) is 0 Å². The quantitative estimate of drug-likeness (QED) is 0.702. The molecule has 0 bridgehead atoms. The molecule has 0 fully saturated rings. The maximum Gasteiger partial charge on any atom is 0.190 e. The molecule has 0 saturated carbocycles. The molecule has 20 heavy (non-hydrogen) atoms. The zero-order valence-corrected chi connectivity index (χ0v) is 12.1. The van der Waals surface area contributed by atoms with E-state index in [2.05, 4.69) is 4.98 Å². The first-order chi connectivity index (χ1) is 9.58. The molecule has 2 nitrogen and oxygen atoms in total. The van der Waals surface area contributed by atoms with Crippen molar-refractivity contribution in [1.29, 1.82) is 0 Å². The summed E-state index contributed by atoms with van der Waals surface area (Å²) in [4.78, 5) is 15.5. The number of aromatic amines is 1. The second kappa shape index (κ2) is 4.80. The van der Waals surface area contributed by atoms with Gasteiger partial charge in [0.05, 0.1) is 5.69 Å². The van der Waals surface area contributed by atoms with E-state index >= 15 is 0 Å². The van der Waals surface area contributed by atoms with Gasteiger partial charge in [-0.25, -0.2) is 0 Å². The summed E-state index contributed by atoms with van der Waals surface area (Å²) in [5, 5.41) is 1.45. The predicted molar refractivity (Wildman–Crippen MR) is 84.5 cm³/mol. The Kier molecular flexibility index (Phi) is 3.11. The van der Waals surface area contributed by atoms with Crippen LogP contribution in [0.2, 0.25) is 5.02 Å². The zero-order chi connectivity index (χ0) is 14.3. The lowest BCUT2D eigenvalue weighted by Crippen LogP contribution is -2.03. The minimum absolute atomic E-state index is 0.0189. The molecule has 0 aliphatic carbocycles. The second-order valence-corrected chi connectivity index (χ2v) is 5.34. The van der Waals surface area contributed by atoms with Crippen molar-refractivity contribution < 1.29 is 0 Å². The van der Waals surface area contributed by atoms with Gasteiger partial charge in [0, 0.05) is 27.6 Å². The summed E-state index contributed by atoms with van der Waals surface area (Å²) in [6.07, 6.45) is 0. The Bertz CT molecular complexity index is 864. The van der Waals surface area contributed by atoms with Gasteiger partial charge in [0.2, 0.25) is 0 Å². The van der Waals surface area contributed by atoms with Crippen LogP contribution in [0, 0.1) is 13.8 Å². The number of H-pyrrole nitrogens is 1. The molecule has 0 aliphatic rings. The molecule has 0 saturated heterocycles. The van der Waals surface area contributed by atoms with E-state index in [0.29, 0.717) is 5.39 Å². The third kappa shape index (κ3) is 2.02. The number of hydrogen-bond donors (Lipinski definition) is 1. The molecule has 3 aromatic rings. The molecule has 0 radical (unpaired) electrons. The van der Waals surface area contributed by atoms with Gasteiger partial charge in [0.1, 0.15) is 0 Å². The van der Waals surface area contributed by atoms with Gasteiger partial charge < -0.3 is 4.98 Å². The van der Waals surface area contributed by atoms with Crippen molar-refractivity contribution >= 4 is 22.5 Å². The van der Waals surface area contributed by atoms with Gasteiger partial charge in [0.15, 0.2) is 5.43 Å². The fourth-order valence-corrected chi connectivity index (χ4v) is 2.62. The van der Waals surface area contributed by atoms with Gasteiger partial charge >= 0.3 is 0 Å². The smallest absolute Gasteiger partial charge is 0.190 e. The summed E-state index contributed by atoms with van der Waals surface area (Å²) >= 11 is 6.30. The summed E-state index contributed by atoms with van der Waals surface area (Å²) in [5.74, 6) is 0. The molecular formula is C17H14ClNO. The Morgan fingerprint density at radius 1 is 1.05 bits per heavy atom. The number of benzene rings is 2. The van der Waals surface area contributed by atoms with Crippen molar-refractivity contribution in [2.75, 3.05) is 0 Å². The number of aromatic nitrogens is 1. The van der Waals surface area contributed by atoms with Crippen LogP contribution >= 0.6 is 11.6 Å². The number of fused-ring (bicyclic) bond motifs is 1. The summed E-state index contributed by atoms with van der Waals surface area (Å²) in [5.41, 5.74) is 4.64. The Morgan fingerprint density at radius 2 is 1.80 bits per heavy atom. The van der Waals surface area contributed by atoms with E-state index in [0.717, 1.165) is 32.9 Å². The number of pyridine rings is 1. The van der Waals surface area contributed by atoms with Crippen LogP contribution in [0.1, 0.15) is 11.1 Å². The molecule has 3 rings (SSSR count). The largest absolute Gasteiger partial charge is 0.354 e. The molecule has 0 spiro atoms. The van der Waals surface area contributed by atoms with Crippen LogP contribution in [0.25, 0.3) is 22.2 Å². The van der Waals surface area contributed by atoms with Gasteiger partial charge in [-0.05, 0) is 37.1 Å². The highest BCUT2D eigenvalue weighted by Gasteiger charge is 2.09. The van der Waals surface area contributed by atoms with Gasteiger partial charge in [0.25, 0.3) is 0 Å². The highest BCUT2D eigenvalue weighted by molar-refractivity contribution is 6.32. The van der Waals surface area contributed by atoms with E-state index in [9.17, 15) is 4.79 Å². The third-order valence-electron chi connectivity index (χ3n) is 3.61. The van der Waals surface area contributed by atoms with Crippen molar-refractivity contribution in [3.8, 4) is 11.3 Å². The summed E-state index contributed by atoms with van der Waals surface area (Å²) in [6, 6.07) is 13.1. The van der Waals surface area contributed by atoms with Gasteiger partial charge in [-0.3, -0.25) is 4.79 Å². The molecule has 0 amide bonds. The Labute approximate surface area is 122 Å². The summed E-state index contributed by atoms with van der Waals surface area (Å²) < 4.78 is 0. The second-order valence-electron chi connectivity index (χ2n) is 4.96. The van der Waals surface area contributed by atoms with Crippen LogP contribution in [-0.2, 0) is 0 Å². The van der Waals surface area contributed by atoms with Crippen molar-refractivity contribution in [2.45, 2.75) is 13.8 Å². The Hall–Kier alpha value is -2.06. The topological polar surface area (TPSA) is 32.9 Å². The van der Waals surface area contributed by atoms with Crippen LogP contribution in [0.3, 0.4) is 0 Å². The summed E-state index contributed by atoms with van der Waals surface area (Å²) in [6.45, 7) is 3.94. The lowest BCUT2D eigenvalue weighted by molar-refractivity contribution is 1.32. The molecule has 1 N–H and O–H groups in total. The van der Waals surface area contributed by atoms with Gasteiger partial charge in [-0.15, -0.1) is 0 Å². The normalized spacial score (nSPS) is 10.9. The predicted octanol–water partition coefficient (Wildman–Crippen LogP) is 4.47. The zero-order valence-electron chi connectivity index (χ0n) is 11.3. The molecule has 3 heteroatoms. The minimum Gasteiger partial charge on any atom is -0.354 e. The number of nitrogens with one attached hydrogen (secondary N) is 1. The fourth-order valence-electron chi connectivity index (χ4n) is 2.45. The number of hydrogen-bond acceptors (Lipinski definition) is 1. The first-order valence-corrected chi connectivity index (χ1v) is 6.84. The minimum atomic E-state index is 0.0189. The maximum absolute atomic E-state index is 12.2. The number of rotatable bonds is 1. The molecule has 1 heterocycles. The van der Waals surface area contributed by atoms with Gasteiger partial charge in [-0.1, -0.05) is 35.9 Å². The van der Waals surface area contributed by atoms with Crippen LogP contribution in [-0.4, -0.2) is 4.98 Å². The fraction of sp³-hybridized carbons (Fsp3) is 0.118. The van der Waals surface area contributed by atoms with Crippen LogP contribution in [0.15, 0.2) is 47.3 Å². The lowest BCUT2D eigenvalue weighted by atomic mass is 10.0. The Balaban J connectivity index is 2.31. The molecule has 2 aromatic carbocycles. The van der Waals surface area contributed by atoms with E-state index in [4.69, 9.17) is 11.6 Å². The van der Waals surface area contributed by atoms with Crippen LogP contribution < -0.4 is 5.43 Å². The van der Waals surface area contributed by atoms with Crippen molar-refractivity contribution in [2.24, 2.45) is 0 Å². The van der Waals surface area contributed by atoms with E-state index in [-0.39, 0.29) is 5.43 Å². The highest BCUT2D eigenvalue weighted by atomic mass is 35.5. The number of para-hydroxylation sites is 1. The van der Waals surface area contributed by atoms with E-state index < -0.39 is 0 Å². The molecule has 0 unspecified atom stereocenters. The summed E-state index contributed by atoms with van der Waals surface area (Å²) in [7, 11) is 0. The standard InChI is InChI=1S/C17H14ClNO/c1-10-7-8-12(11(2)17(10)18)15-9-16(20)13-5-3-4-6-14(13)19-15/h3-9H,1-2H3,(H,19,20). The molecule has 1 aromatic heterocycles. The van der Waals surface area contributed by atoms with Gasteiger partial charge in [-0.2, -0.15) is 0 Å². The average Bonchev–Trinajstić information content (AvgIpc) is 2.45. The number of halogens is 1. The Morgan fingerprint density at radius 3 is 2.60 bits per heavy atom. The third-order valence-corrected chi connectivity index (χ3v) is 4.19. The monoisotopic (exact) mass is 283 g/mol. The number of aryl methyl sites for hydroxylation is 1. The van der Waals surface area contributed by atoms with Crippen molar-refractivity contribution in [3.63, 3.8) is 0 Å². The maximum atomic E-state index is 12.2.